The summed E-state index contributed by atoms with van der Waals surface area (Å²) in [6.07, 6.45) is 0. The molecule has 0 heterocycles. The van der Waals surface area contributed by atoms with Gasteiger partial charge in [0.05, 0.1) is 12.8 Å². The lowest BCUT2D eigenvalue weighted by Gasteiger charge is -2.11. The second-order valence-corrected chi connectivity index (χ2v) is 5.82. The Balaban J connectivity index is 1.60. The number of nitrogens with one attached hydrogen (secondary N) is 3. The van der Waals surface area contributed by atoms with E-state index in [2.05, 4.69) is 16.0 Å². The monoisotopic (exact) mass is 379 g/mol. The first kappa shape index (κ1) is 18.9. The predicted octanol–water partition coefficient (Wildman–Crippen LogP) is 4.73. The molecule has 6 nitrogen and oxygen atoms in total. The molecule has 0 aliphatic heterocycles. The van der Waals surface area contributed by atoms with Crippen molar-refractivity contribution in [1.29, 1.82) is 0 Å². The van der Waals surface area contributed by atoms with Crippen LogP contribution in [-0.2, 0) is 0 Å². The molecule has 0 aliphatic rings. The standard InChI is InChI=1S/C21H18FN3O3/c1-28-19-5-3-2-4-18(19)25-20(26)14-6-10-16(11-7-14)23-21(27)24-17-12-8-15(22)9-13-17/h2-13H,1H3,(H,25,26)(H2,23,24,27). The average Bonchev–Trinajstić information content (AvgIpc) is 2.70. The fraction of sp³-hybridized carbons (Fsp3) is 0.0476. The number of halogens is 1. The third kappa shape index (κ3) is 4.85. The molecule has 0 aliphatic carbocycles. The summed E-state index contributed by atoms with van der Waals surface area (Å²) in [7, 11) is 1.53. The number of amides is 3. The van der Waals surface area contributed by atoms with Crippen LogP contribution in [0.4, 0.5) is 26.2 Å². The summed E-state index contributed by atoms with van der Waals surface area (Å²) in [5.74, 6) is -0.119. The van der Waals surface area contributed by atoms with Gasteiger partial charge in [0.2, 0.25) is 0 Å². The molecule has 0 bridgehead atoms. The lowest BCUT2D eigenvalue weighted by atomic mass is 10.2. The number of hydrogen-bond donors (Lipinski definition) is 3. The number of para-hydroxylation sites is 2. The molecule has 0 atom stereocenters. The molecule has 0 saturated heterocycles. The summed E-state index contributed by atoms with van der Waals surface area (Å²) >= 11 is 0. The van der Waals surface area contributed by atoms with Crippen molar-refractivity contribution in [1.82, 2.24) is 0 Å². The molecule has 3 rings (SSSR count). The molecular weight excluding hydrogens is 361 g/mol. The molecule has 142 valence electrons. The van der Waals surface area contributed by atoms with E-state index >= 15 is 0 Å². The van der Waals surface area contributed by atoms with Crippen molar-refractivity contribution in [2.75, 3.05) is 23.1 Å². The van der Waals surface area contributed by atoms with Crippen molar-refractivity contribution in [2.45, 2.75) is 0 Å². The molecule has 0 aromatic heterocycles. The Morgan fingerprint density at radius 2 is 1.36 bits per heavy atom. The van der Waals surface area contributed by atoms with Gasteiger partial charge in [-0.2, -0.15) is 0 Å². The van der Waals surface area contributed by atoms with Crippen LogP contribution >= 0.6 is 0 Å². The summed E-state index contributed by atoms with van der Waals surface area (Å²) in [5.41, 5.74) is 1.96. The fourth-order valence-corrected chi connectivity index (χ4v) is 2.47. The molecule has 0 spiro atoms. The maximum absolute atomic E-state index is 12.9. The number of hydrogen-bond acceptors (Lipinski definition) is 3. The third-order valence-electron chi connectivity index (χ3n) is 3.86. The number of benzene rings is 3. The van der Waals surface area contributed by atoms with Gasteiger partial charge >= 0.3 is 6.03 Å². The summed E-state index contributed by atoms with van der Waals surface area (Å²) in [6.45, 7) is 0. The second kappa shape index (κ2) is 8.68. The molecule has 0 radical (unpaired) electrons. The molecular formula is C21H18FN3O3. The van der Waals surface area contributed by atoms with Crippen LogP contribution in [0, 0.1) is 5.82 Å². The van der Waals surface area contributed by atoms with Gasteiger partial charge in [0.1, 0.15) is 11.6 Å². The van der Waals surface area contributed by atoms with Gasteiger partial charge in [-0.15, -0.1) is 0 Å². The number of carbonyl (C=O) groups is 2. The highest BCUT2D eigenvalue weighted by Crippen LogP contribution is 2.24. The van der Waals surface area contributed by atoms with Crippen molar-refractivity contribution in [3.8, 4) is 5.75 Å². The normalized spacial score (nSPS) is 10.1. The minimum Gasteiger partial charge on any atom is -0.495 e. The Morgan fingerprint density at radius 1 is 0.786 bits per heavy atom. The van der Waals surface area contributed by atoms with Crippen LogP contribution in [0.25, 0.3) is 0 Å². The maximum Gasteiger partial charge on any atom is 0.323 e. The highest BCUT2D eigenvalue weighted by molar-refractivity contribution is 6.05. The van der Waals surface area contributed by atoms with Gasteiger partial charge in [0, 0.05) is 16.9 Å². The van der Waals surface area contributed by atoms with Crippen LogP contribution < -0.4 is 20.7 Å². The Morgan fingerprint density at radius 3 is 1.96 bits per heavy atom. The Kier molecular flexibility index (Phi) is 5.86. The molecule has 3 amide bonds. The van der Waals surface area contributed by atoms with Gasteiger partial charge in [-0.25, -0.2) is 9.18 Å². The zero-order valence-corrected chi connectivity index (χ0v) is 15.0. The Hall–Kier alpha value is -3.87. The smallest absolute Gasteiger partial charge is 0.323 e. The summed E-state index contributed by atoms with van der Waals surface area (Å²) < 4.78 is 18.1. The van der Waals surface area contributed by atoms with Crippen molar-refractivity contribution in [3.05, 3.63) is 84.2 Å². The minimum absolute atomic E-state index is 0.299. The van der Waals surface area contributed by atoms with E-state index in [1.807, 2.05) is 6.07 Å². The van der Waals surface area contributed by atoms with Gasteiger partial charge in [0.25, 0.3) is 5.91 Å². The van der Waals surface area contributed by atoms with Crippen LogP contribution in [0.1, 0.15) is 10.4 Å². The van der Waals surface area contributed by atoms with Gasteiger partial charge in [-0.1, -0.05) is 12.1 Å². The van der Waals surface area contributed by atoms with E-state index in [-0.39, 0.29) is 11.7 Å². The van der Waals surface area contributed by atoms with E-state index in [1.54, 1.807) is 42.5 Å². The number of ether oxygens (including phenoxy) is 1. The van der Waals surface area contributed by atoms with E-state index in [0.29, 0.717) is 28.4 Å². The van der Waals surface area contributed by atoms with Gasteiger partial charge in [-0.3, -0.25) is 4.79 Å². The first-order chi connectivity index (χ1) is 13.5. The highest BCUT2D eigenvalue weighted by Gasteiger charge is 2.10. The van der Waals surface area contributed by atoms with Crippen LogP contribution in [0.3, 0.4) is 0 Å². The molecule has 3 aromatic rings. The first-order valence-electron chi connectivity index (χ1n) is 8.43. The zero-order valence-electron chi connectivity index (χ0n) is 15.0. The number of carbonyl (C=O) groups excluding carboxylic acids is 2. The quantitative estimate of drug-likeness (QED) is 0.600. The first-order valence-corrected chi connectivity index (χ1v) is 8.43. The Bertz CT molecular complexity index is 973. The van der Waals surface area contributed by atoms with E-state index in [4.69, 9.17) is 4.74 Å². The van der Waals surface area contributed by atoms with Crippen molar-refractivity contribution >= 4 is 29.0 Å². The average molecular weight is 379 g/mol. The van der Waals surface area contributed by atoms with E-state index in [0.717, 1.165) is 0 Å². The molecule has 0 saturated carbocycles. The predicted molar refractivity (Wildman–Crippen MR) is 106 cm³/mol. The van der Waals surface area contributed by atoms with Crippen LogP contribution in [0.5, 0.6) is 5.75 Å². The second-order valence-electron chi connectivity index (χ2n) is 5.82. The molecule has 7 heteroatoms. The van der Waals surface area contributed by atoms with Gasteiger partial charge in [0.15, 0.2) is 0 Å². The van der Waals surface area contributed by atoms with Gasteiger partial charge < -0.3 is 20.7 Å². The number of urea groups is 1. The minimum atomic E-state index is -0.474. The van der Waals surface area contributed by atoms with E-state index in [1.165, 1.54) is 31.4 Å². The summed E-state index contributed by atoms with van der Waals surface area (Å²) in [5, 5.41) is 8.01. The molecule has 28 heavy (non-hydrogen) atoms. The molecule has 0 unspecified atom stereocenters. The molecule has 3 N–H and O–H groups in total. The van der Waals surface area contributed by atoms with Gasteiger partial charge in [-0.05, 0) is 60.7 Å². The fourth-order valence-electron chi connectivity index (χ4n) is 2.47. The summed E-state index contributed by atoms with van der Waals surface area (Å²) in [4.78, 5) is 24.4. The maximum atomic E-state index is 12.9. The zero-order chi connectivity index (χ0) is 19.9. The topological polar surface area (TPSA) is 79.5 Å². The van der Waals surface area contributed by atoms with Crippen LogP contribution in [0.2, 0.25) is 0 Å². The van der Waals surface area contributed by atoms with Crippen molar-refractivity contribution in [3.63, 3.8) is 0 Å². The van der Waals surface area contributed by atoms with E-state index in [9.17, 15) is 14.0 Å². The number of rotatable bonds is 5. The molecule has 3 aromatic carbocycles. The summed E-state index contributed by atoms with van der Waals surface area (Å²) in [6, 6.07) is 18.5. The number of anilines is 3. The highest BCUT2D eigenvalue weighted by atomic mass is 19.1. The van der Waals surface area contributed by atoms with Crippen molar-refractivity contribution in [2.24, 2.45) is 0 Å². The SMILES string of the molecule is COc1ccccc1NC(=O)c1ccc(NC(=O)Nc2ccc(F)cc2)cc1. The van der Waals surface area contributed by atoms with Crippen molar-refractivity contribution < 1.29 is 18.7 Å². The lowest BCUT2D eigenvalue weighted by molar-refractivity contribution is 0.102. The number of methoxy groups -OCH3 is 1. The third-order valence-corrected chi connectivity index (χ3v) is 3.86. The lowest BCUT2D eigenvalue weighted by Crippen LogP contribution is -2.19. The largest absolute Gasteiger partial charge is 0.495 e. The van der Waals surface area contributed by atoms with Crippen LogP contribution in [0.15, 0.2) is 72.8 Å². The molecule has 0 fully saturated rings. The van der Waals surface area contributed by atoms with Crippen LogP contribution in [-0.4, -0.2) is 19.0 Å². The van der Waals surface area contributed by atoms with E-state index < -0.39 is 6.03 Å². The Labute approximate surface area is 161 Å².